The van der Waals surface area contributed by atoms with E-state index in [0.717, 1.165) is 4.47 Å². The normalized spacial score (nSPS) is 19.1. The molecule has 1 aromatic carbocycles. The molecule has 2 N–H and O–H groups in total. The summed E-state index contributed by atoms with van der Waals surface area (Å²) in [4.78, 5) is 0. The van der Waals surface area contributed by atoms with Crippen molar-refractivity contribution in [2.75, 3.05) is 0 Å². The third-order valence-electron chi connectivity index (χ3n) is 2.97. The van der Waals surface area contributed by atoms with E-state index in [1.807, 2.05) is 0 Å². The summed E-state index contributed by atoms with van der Waals surface area (Å²) >= 11 is 5.90. The molecule has 1 nitrogen and oxygen atoms in total. The largest absolute Gasteiger partial charge is 0.324 e. The van der Waals surface area contributed by atoms with Crippen LogP contribution in [0.2, 0.25) is 0 Å². The zero-order chi connectivity index (χ0) is 10.1. The Bertz CT molecular complexity index is 336. The quantitative estimate of drug-likeness (QED) is 0.791. The van der Waals surface area contributed by atoms with Crippen LogP contribution < -0.4 is 5.73 Å². The molecule has 1 atom stereocenters. The minimum absolute atomic E-state index is 0.216. The molecule has 0 amide bonds. The molecule has 0 aromatic heterocycles. The standard InChI is InChI=1S/C11H13BrIN/c12-10-5-4-8(13)6-9(10)11(14)7-2-1-3-7/h4-7,11H,1-3,14H2. The van der Waals surface area contributed by atoms with Gasteiger partial charge in [0.15, 0.2) is 0 Å². The van der Waals surface area contributed by atoms with Crippen molar-refractivity contribution in [3.05, 3.63) is 31.8 Å². The van der Waals surface area contributed by atoms with Crippen LogP contribution in [0.3, 0.4) is 0 Å². The molecule has 0 saturated heterocycles. The van der Waals surface area contributed by atoms with Gasteiger partial charge in [0.2, 0.25) is 0 Å². The number of rotatable bonds is 2. The number of nitrogens with two attached hydrogens (primary N) is 1. The highest BCUT2D eigenvalue weighted by molar-refractivity contribution is 14.1. The zero-order valence-electron chi connectivity index (χ0n) is 7.84. The van der Waals surface area contributed by atoms with Gasteiger partial charge in [-0.15, -0.1) is 0 Å². The molecular weight excluding hydrogens is 353 g/mol. The SMILES string of the molecule is NC(c1cc(I)ccc1Br)C1CCC1. The van der Waals surface area contributed by atoms with Crippen molar-refractivity contribution in [1.29, 1.82) is 0 Å². The number of hydrogen-bond donors (Lipinski definition) is 1. The van der Waals surface area contributed by atoms with Crippen LogP contribution in [0, 0.1) is 9.49 Å². The van der Waals surface area contributed by atoms with E-state index in [2.05, 4.69) is 56.7 Å². The summed E-state index contributed by atoms with van der Waals surface area (Å²) in [6.45, 7) is 0. The highest BCUT2D eigenvalue weighted by atomic mass is 127. The lowest BCUT2D eigenvalue weighted by Gasteiger charge is -2.32. The molecule has 76 valence electrons. The summed E-state index contributed by atoms with van der Waals surface area (Å²) in [6, 6.07) is 6.60. The first-order valence-corrected chi connectivity index (χ1v) is 6.76. The number of halogens is 2. The Kier molecular flexibility index (Phi) is 3.50. The monoisotopic (exact) mass is 365 g/mol. The van der Waals surface area contributed by atoms with E-state index in [1.54, 1.807) is 0 Å². The molecule has 1 saturated carbocycles. The van der Waals surface area contributed by atoms with Gasteiger partial charge in [0.25, 0.3) is 0 Å². The molecule has 1 aliphatic carbocycles. The van der Waals surface area contributed by atoms with Crippen LogP contribution in [-0.4, -0.2) is 0 Å². The van der Waals surface area contributed by atoms with Crippen LogP contribution in [0.5, 0.6) is 0 Å². The summed E-state index contributed by atoms with van der Waals surface area (Å²) in [5.74, 6) is 0.699. The fourth-order valence-corrected chi connectivity index (χ4v) is 2.85. The van der Waals surface area contributed by atoms with Gasteiger partial charge in [-0.2, -0.15) is 0 Å². The van der Waals surface area contributed by atoms with Crippen molar-refractivity contribution in [2.24, 2.45) is 11.7 Å². The van der Waals surface area contributed by atoms with E-state index in [9.17, 15) is 0 Å². The van der Waals surface area contributed by atoms with E-state index in [0.29, 0.717) is 5.92 Å². The average molecular weight is 366 g/mol. The van der Waals surface area contributed by atoms with Crippen LogP contribution in [-0.2, 0) is 0 Å². The van der Waals surface area contributed by atoms with Crippen molar-refractivity contribution < 1.29 is 0 Å². The van der Waals surface area contributed by atoms with Crippen LogP contribution in [0.25, 0.3) is 0 Å². The van der Waals surface area contributed by atoms with Crippen LogP contribution in [0.15, 0.2) is 22.7 Å². The minimum atomic E-state index is 0.216. The molecule has 0 radical (unpaired) electrons. The van der Waals surface area contributed by atoms with Crippen molar-refractivity contribution in [3.8, 4) is 0 Å². The maximum absolute atomic E-state index is 6.24. The van der Waals surface area contributed by atoms with E-state index in [-0.39, 0.29) is 6.04 Å². The van der Waals surface area contributed by atoms with E-state index in [1.165, 1.54) is 28.4 Å². The minimum Gasteiger partial charge on any atom is -0.324 e. The number of hydrogen-bond acceptors (Lipinski definition) is 1. The average Bonchev–Trinajstić information content (AvgIpc) is 2.06. The lowest BCUT2D eigenvalue weighted by molar-refractivity contribution is 0.264. The molecule has 0 heterocycles. The van der Waals surface area contributed by atoms with E-state index >= 15 is 0 Å². The smallest absolute Gasteiger partial charge is 0.0335 e. The maximum atomic E-state index is 6.24. The van der Waals surface area contributed by atoms with Crippen molar-refractivity contribution in [3.63, 3.8) is 0 Å². The lowest BCUT2D eigenvalue weighted by Crippen LogP contribution is -2.27. The van der Waals surface area contributed by atoms with Gasteiger partial charge in [0, 0.05) is 14.1 Å². The summed E-state index contributed by atoms with van der Waals surface area (Å²) in [7, 11) is 0. The highest BCUT2D eigenvalue weighted by Gasteiger charge is 2.26. The predicted octanol–water partition coefficient (Wildman–Crippen LogP) is 3.85. The molecule has 3 heteroatoms. The Labute approximate surface area is 107 Å². The molecule has 1 unspecified atom stereocenters. The van der Waals surface area contributed by atoms with Gasteiger partial charge in [-0.25, -0.2) is 0 Å². The van der Waals surface area contributed by atoms with Gasteiger partial charge in [-0.1, -0.05) is 22.4 Å². The first-order valence-electron chi connectivity index (χ1n) is 4.89. The zero-order valence-corrected chi connectivity index (χ0v) is 11.6. The van der Waals surface area contributed by atoms with Gasteiger partial charge in [0.1, 0.15) is 0 Å². The molecule has 0 bridgehead atoms. The first kappa shape index (κ1) is 10.9. The van der Waals surface area contributed by atoms with Crippen LogP contribution >= 0.6 is 38.5 Å². The Balaban J connectivity index is 2.24. The van der Waals surface area contributed by atoms with Gasteiger partial charge in [-0.3, -0.25) is 0 Å². The highest BCUT2D eigenvalue weighted by Crippen LogP contribution is 2.38. The van der Waals surface area contributed by atoms with Gasteiger partial charge in [0.05, 0.1) is 0 Å². The fourth-order valence-electron chi connectivity index (χ4n) is 1.82. The molecule has 14 heavy (non-hydrogen) atoms. The molecule has 1 aromatic rings. The Hall–Kier alpha value is 0.390. The van der Waals surface area contributed by atoms with Gasteiger partial charge >= 0.3 is 0 Å². The molecule has 0 aliphatic heterocycles. The van der Waals surface area contributed by atoms with Crippen LogP contribution in [0.1, 0.15) is 30.9 Å². The summed E-state index contributed by atoms with van der Waals surface area (Å²) < 4.78 is 2.41. The fraction of sp³-hybridized carbons (Fsp3) is 0.455. The second-order valence-corrected chi connectivity index (χ2v) is 5.98. The number of benzene rings is 1. The summed E-state index contributed by atoms with van der Waals surface area (Å²) in [6.07, 6.45) is 3.93. The van der Waals surface area contributed by atoms with E-state index < -0.39 is 0 Å². The van der Waals surface area contributed by atoms with Gasteiger partial charge in [-0.05, 0) is 65.1 Å². The molecule has 1 fully saturated rings. The van der Waals surface area contributed by atoms with Gasteiger partial charge < -0.3 is 5.73 Å². The molecule has 0 spiro atoms. The lowest BCUT2D eigenvalue weighted by atomic mass is 9.78. The Morgan fingerprint density at radius 1 is 1.43 bits per heavy atom. The summed E-state index contributed by atoms with van der Waals surface area (Å²) in [5, 5.41) is 0. The Morgan fingerprint density at radius 2 is 2.14 bits per heavy atom. The van der Waals surface area contributed by atoms with Crippen molar-refractivity contribution in [2.45, 2.75) is 25.3 Å². The Morgan fingerprint density at radius 3 is 2.71 bits per heavy atom. The van der Waals surface area contributed by atoms with Crippen LogP contribution in [0.4, 0.5) is 0 Å². The third kappa shape index (κ3) is 2.14. The second-order valence-electron chi connectivity index (χ2n) is 3.88. The van der Waals surface area contributed by atoms with E-state index in [4.69, 9.17) is 5.73 Å². The van der Waals surface area contributed by atoms with Crippen molar-refractivity contribution in [1.82, 2.24) is 0 Å². The first-order chi connectivity index (χ1) is 6.68. The van der Waals surface area contributed by atoms with Crippen molar-refractivity contribution >= 4 is 38.5 Å². The third-order valence-corrected chi connectivity index (χ3v) is 4.37. The topological polar surface area (TPSA) is 26.0 Å². The molecular formula is C11H13BrIN. The summed E-state index contributed by atoms with van der Waals surface area (Å²) in [5.41, 5.74) is 7.50. The predicted molar refractivity (Wildman–Crippen MR) is 71.1 cm³/mol. The maximum Gasteiger partial charge on any atom is 0.0335 e. The second kappa shape index (κ2) is 4.49. The molecule has 2 rings (SSSR count). The molecule has 1 aliphatic rings.